The first-order chi connectivity index (χ1) is 20.7. The molecule has 0 spiro atoms. The zero-order valence-electron chi connectivity index (χ0n) is 25.3. The molecule has 1 aliphatic rings. The van der Waals surface area contributed by atoms with Crippen molar-refractivity contribution in [2.75, 3.05) is 46.2 Å². The highest BCUT2D eigenvalue weighted by molar-refractivity contribution is 6.07. The Morgan fingerprint density at radius 1 is 1.09 bits per heavy atom. The van der Waals surface area contributed by atoms with Gasteiger partial charge in [0, 0.05) is 55.9 Å². The van der Waals surface area contributed by atoms with Crippen LogP contribution in [0.2, 0.25) is 0 Å². The summed E-state index contributed by atoms with van der Waals surface area (Å²) in [5.41, 5.74) is 5.70. The summed E-state index contributed by atoms with van der Waals surface area (Å²) >= 11 is 0. The summed E-state index contributed by atoms with van der Waals surface area (Å²) in [6, 6.07) is 15.6. The Hall–Kier alpha value is -4.70. The van der Waals surface area contributed by atoms with Crippen LogP contribution in [-0.2, 0) is 11.8 Å². The van der Waals surface area contributed by atoms with Gasteiger partial charge in [0.15, 0.2) is 0 Å². The Labute approximate surface area is 250 Å². The first kappa shape index (κ1) is 28.4. The van der Waals surface area contributed by atoms with Crippen molar-refractivity contribution in [3.05, 3.63) is 78.1 Å². The van der Waals surface area contributed by atoms with E-state index in [2.05, 4.69) is 19.6 Å². The molecule has 5 aromatic rings. The van der Waals surface area contributed by atoms with E-state index in [4.69, 9.17) is 9.72 Å². The molecule has 10 heteroatoms. The van der Waals surface area contributed by atoms with E-state index >= 15 is 0 Å². The van der Waals surface area contributed by atoms with Crippen LogP contribution in [0.1, 0.15) is 40.8 Å². The summed E-state index contributed by atoms with van der Waals surface area (Å²) in [5.74, 6) is 1.72. The Morgan fingerprint density at radius 2 is 1.86 bits per heavy atom. The van der Waals surface area contributed by atoms with Crippen molar-refractivity contribution in [2.45, 2.75) is 25.7 Å². The molecule has 10 nitrogen and oxygen atoms in total. The number of hydrogen-bond acceptors (Lipinski definition) is 6. The number of aryl methyl sites for hydroxylation is 2. The molecule has 0 bridgehead atoms. The highest BCUT2D eigenvalue weighted by Gasteiger charge is 2.28. The number of carbonyl (C=O) groups excluding carboxylic acids is 2. The third kappa shape index (κ3) is 5.34. The number of benzene rings is 2. The number of aromatic nitrogens is 4. The largest absolute Gasteiger partial charge is 0.495 e. The second kappa shape index (κ2) is 11.5. The number of fused-ring (bicyclic) bond motifs is 2. The van der Waals surface area contributed by atoms with Gasteiger partial charge >= 0.3 is 0 Å². The van der Waals surface area contributed by atoms with Crippen molar-refractivity contribution in [2.24, 2.45) is 7.05 Å². The molecule has 1 aliphatic heterocycles. The Balaban J connectivity index is 1.28. The third-order valence-electron chi connectivity index (χ3n) is 8.48. The number of rotatable bonds is 7. The average Bonchev–Trinajstić information content (AvgIpc) is 3.57. The maximum Gasteiger partial charge on any atom is 0.272 e. The molecule has 0 unspecified atom stereocenters. The topological polar surface area (TPSA) is 97.0 Å². The predicted octanol–water partition coefficient (Wildman–Crippen LogP) is 4.72. The molecule has 1 N–H and O–H groups in total. The first-order valence-corrected chi connectivity index (χ1v) is 14.6. The molecule has 1 fully saturated rings. The third-order valence-corrected chi connectivity index (χ3v) is 8.48. The van der Waals surface area contributed by atoms with Crippen molar-refractivity contribution < 1.29 is 14.3 Å². The number of nitrogens with one attached hydrogen (secondary N) is 1. The van der Waals surface area contributed by atoms with Crippen LogP contribution in [0.5, 0.6) is 5.75 Å². The monoisotopic (exact) mass is 579 g/mol. The van der Waals surface area contributed by atoms with Gasteiger partial charge in [0.05, 0.1) is 36.2 Å². The van der Waals surface area contributed by atoms with Crippen molar-refractivity contribution >= 4 is 33.9 Å². The van der Waals surface area contributed by atoms with Gasteiger partial charge in [-0.3, -0.25) is 23.9 Å². The minimum atomic E-state index is -0.210. The number of piperidine rings is 1. The van der Waals surface area contributed by atoms with Gasteiger partial charge in [-0.25, -0.2) is 4.98 Å². The normalized spacial score (nSPS) is 14.3. The molecular formula is C33H37N7O3. The van der Waals surface area contributed by atoms with Crippen LogP contribution in [0, 0.1) is 6.92 Å². The molecular weight excluding hydrogens is 542 g/mol. The maximum absolute atomic E-state index is 13.3. The molecule has 43 heavy (non-hydrogen) atoms. The highest BCUT2D eigenvalue weighted by atomic mass is 16.5. The van der Waals surface area contributed by atoms with Crippen LogP contribution >= 0.6 is 0 Å². The van der Waals surface area contributed by atoms with Crippen LogP contribution in [0.4, 0.5) is 5.69 Å². The molecule has 4 heterocycles. The number of anilines is 1. The van der Waals surface area contributed by atoms with Crippen LogP contribution in [0.15, 0.2) is 60.9 Å². The van der Waals surface area contributed by atoms with Gasteiger partial charge in [0.1, 0.15) is 17.3 Å². The standard InChI is InChI=1S/C33H37N7O3/c1-21-31-30(36-32(40(31)17-14-34-21)22-12-15-39(16-13-22)20-29(41)37(2)3)24-10-11-25(28(19-24)43-5)35-33(42)27-18-23-8-6-7-9-26(23)38(27)4/h6-11,14,17-19,22H,12-13,15-16,20H2,1-5H3,(H,35,42). The summed E-state index contributed by atoms with van der Waals surface area (Å²) in [4.78, 5) is 39.2. The number of hydrogen-bond donors (Lipinski definition) is 1. The number of methoxy groups -OCH3 is 1. The van der Waals surface area contributed by atoms with Gasteiger partial charge < -0.3 is 19.5 Å². The van der Waals surface area contributed by atoms with Gasteiger partial charge in [-0.15, -0.1) is 0 Å². The predicted molar refractivity (Wildman–Crippen MR) is 168 cm³/mol. The number of carbonyl (C=O) groups is 2. The molecule has 222 valence electrons. The molecule has 2 aromatic carbocycles. The quantitative estimate of drug-likeness (QED) is 0.300. The fourth-order valence-corrected chi connectivity index (χ4v) is 6.03. The Kier molecular flexibility index (Phi) is 7.62. The molecule has 3 aromatic heterocycles. The van der Waals surface area contributed by atoms with E-state index in [1.54, 1.807) is 26.1 Å². The summed E-state index contributed by atoms with van der Waals surface area (Å²) in [5, 5.41) is 4.04. The number of para-hydroxylation sites is 1. The van der Waals surface area contributed by atoms with Crippen molar-refractivity contribution in [1.82, 2.24) is 28.7 Å². The molecule has 1 saturated heterocycles. The van der Waals surface area contributed by atoms with Gasteiger partial charge in [-0.1, -0.05) is 24.3 Å². The number of amides is 2. The van der Waals surface area contributed by atoms with Crippen LogP contribution in [0.3, 0.4) is 0 Å². The number of ether oxygens (including phenoxy) is 1. The number of likely N-dealkylation sites (tertiary alicyclic amines) is 1. The van der Waals surface area contributed by atoms with Crippen molar-refractivity contribution in [3.63, 3.8) is 0 Å². The Morgan fingerprint density at radius 3 is 2.58 bits per heavy atom. The van der Waals surface area contributed by atoms with E-state index in [9.17, 15) is 9.59 Å². The van der Waals surface area contributed by atoms with E-state index in [0.717, 1.165) is 65.1 Å². The lowest BCUT2D eigenvalue weighted by Gasteiger charge is -2.31. The lowest BCUT2D eigenvalue weighted by Crippen LogP contribution is -2.40. The van der Waals surface area contributed by atoms with E-state index in [-0.39, 0.29) is 17.7 Å². The zero-order valence-corrected chi connectivity index (χ0v) is 25.3. The maximum atomic E-state index is 13.3. The smallest absolute Gasteiger partial charge is 0.272 e. The molecule has 0 saturated carbocycles. The van der Waals surface area contributed by atoms with Gasteiger partial charge in [0.2, 0.25) is 5.91 Å². The van der Waals surface area contributed by atoms with Gasteiger partial charge in [-0.2, -0.15) is 0 Å². The second-order valence-corrected chi connectivity index (χ2v) is 11.4. The molecule has 0 aliphatic carbocycles. The molecule has 0 atom stereocenters. The minimum absolute atomic E-state index is 0.124. The fourth-order valence-electron chi connectivity index (χ4n) is 6.03. The van der Waals surface area contributed by atoms with Crippen LogP contribution in [0.25, 0.3) is 27.7 Å². The number of likely N-dealkylation sites (N-methyl/N-ethyl adjacent to an activating group) is 1. The Bertz CT molecular complexity index is 1830. The lowest BCUT2D eigenvalue weighted by atomic mass is 9.96. The van der Waals surface area contributed by atoms with Gasteiger partial charge in [-0.05, 0) is 57.1 Å². The summed E-state index contributed by atoms with van der Waals surface area (Å²) in [7, 11) is 7.08. The summed E-state index contributed by atoms with van der Waals surface area (Å²) in [6.07, 6.45) is 5.63. The van der Waals surface area contributed by atoms with E-state index < -0.39 is 0 Å². The number of nitrogens with zero attached hydrogens (tertiary/aromatic N) is 6. The minimum Gasteiger partial charge on any atom is -0.495 e. The van der Waals surface area contributed by atoms with E-state index in [1.165, 1.54) is 0 Å². The van der Waals surface area contributed by atoms with Crippen molar-refractivity contribution in [1.29, 1.82) is 0 Å². The SMILES string of the molecule is COc1cc(-c2nc(C3CCN(CC(=O)N(C)C)CC3)n3ccnc(C)c23)ccc1NC(=O)c1cc2ccccc2n1C. The van der Waals surface area contributed by atoms with Crippen molar-refractivity contribution in [3.8, 4) is 17.0 Å². The fraction of sp³-hybridized carbons (Fsp3) is 0.333. The first-order valence-electron chi connectivity index (χ1n) is 14.6. The van der Waals surface area contributed by atoms with Crippen LogP contribution in [-0.4, -0.2) is 81.4 Å². The zero-order chi connectivity index (χ0) is 30.2. The summed E-state index contributed by atoms with van der Waals surface area (Å²) in [6.45, 7) is 4.13. The molecule has 0 radical (unpaired) electrons. The molecule has 6 rings (SSSR count). The highest BCUT2D eigenvalue weighted by Crippen LogP contribution is 2.37. The lowest BCUT2D eigenvalue weighted by molar-refractivity contribution is -0.130. The van der Waals surface area contributed by atoms with E-state index in [0.29, 0.717) is 23.7 Å². The number of imidazole rings is 1. The second-order valence-electron chi connectivity index (χ2n) is 11.4. The summed E-state index contributed by atoms with van der Waals surface area (Å²) < 4.78 is 9.80. The van der Waals surface area contributed by atoms with Crippen LogP contribution < -0.4 is 10.1 Å². The molecule has 2 amide bonds. The van der Waals surface area contributed by atoms with Gasteiger partial charge in [0.25, 0.3) is 5.91 Å². The van der Waals surface area contributed by atoms with E-state index in [1.807, 2.05) is 79.5 Å². The average molecular weight is 580 g/mol.